The number of aryl methyl sites for hydroxylation is 1. The molecule has 140 valence electrons. The van der Waals surface area contributed by atoms with E-state index in [0.29, 0.717) is 31.7 Å². The quantitative estimate of drug-likeness (QED) is 0.712. The number of aromatic amines is 1. The minimum absolute atomic E-state index is 0.343. The summed E-state index contributed by atoms with van der Waals surface area (Å²) in [4.78, 5) is 31.8. The summed E-state index contributed by atoms with van der Waals surface area (Å²) in [6.45, 7) is 3.01. The number of hydrogen-bond donors (Lipinski definition) is 2. The van der Waals surface area contributed by atoms with Gasteiger partial charge in [0.25, 0.3) is 5.91 Å². The number of ether oxygens (including phenoxy) is 3. The number of nitrogens with one attached hydrogen (secondary N) is 2. The summed E-state index contributed by atoms with van der Waals surface area (Å²) in [6, 6.07) is 0.940. The summed E-state index contributed by atoms with van der Waals surface area (Å²) < 4.78 is 15.5. The van der Waals surface area contributed by atoms with Crippen LogP contribution in [0.3, 0.4) is 0 Å². The van der Waals surface area contributed by atoms with E-state index in [9.17, 15) is 9.59 Å². The van der Waals surface area contributed by atoms with Crippen LogP contribution in [-0.4, -0.2) is 54.5 Å². The van der Waals surface area contributed by atoms with E-state index in [2.05, 4.69) is 15.3 Å². The second-order valence-corrected chi connectivity index (χ2v) is 6.91. The second-order valence-electron chi connectivity index (χ2n) is 5.85. The predicted octanol–water partition coefficient (Wildman–Crippen LogP) is 1.87. The first-order valence-electron chi connectivity index (χ1n) is 8.29. The number of rotatable bonds is 7. The number of amides is 1. The summed E-state index contributed by atoms with van der Waals surface area (Å²) in [5.41, 5.74) is 1.98. The zero-order valence-electron chi connectivity index (χ0n) is 14.6. The molecule has 8 nitrogen and oxygen atoms in total. The molecule has 1 saturated heterocycles. The van der Waals surface area contributed by atoms with Crippen molar-refractivity contribution in [3.05, 3.63) is 28.3 Å². The molecule has 1 atom stereocenters. The van der Waals surface area contributed by atoms with Crippen molar-refractivity contribution in [3.8, 4) is 11.3 Å². The number of carbonyl (C=O) groups excluding carboxylic acids is 2. The molecule has 1 aliphatic heterocycles. The summed E-state index contributed by atoms with van der Waals surface area (Å²) in [5.74, 6) is -0.884. The molecule has 0 aromatic carbocycles. The third-order valence-corrected chi connectivity index (χ3v) is 4.79. The highest BCUT2D eigenvalue weighted by Crippen LogP contribution is 2.22. The van der Waals surface area contributed by atoms with Crippen LogP contribution in [0, 0.1) is 6.92 Å². The number of nitrogens with zero attached hydrogens (tertiary/aromatic N) is 1. The maximum Gasteiger partial charge on any atom is 0.328 e. The zero-order valence-corrected chi connectivity index (χ0v) is 15.4. The van der Waals surface area contributed by atoms with Crippen LogP contribution in [0.15, 0.2) is 17.6 Å². The van der Waals surface area contributed by atoms with Crippen LogP contribution in [0.5, 0.6) is 0 Å². The molecule has 26 heavy (non-hydrogen) atoms. The molecular formula is C17H21N3O5S. The molecule has 1 aliphatic rings. The average Bonchev–Trinajstić information content (AvgIpc) is 3.38. The Bertz CT molecular complexity index is 766. The van der Waals surface area contributed by atoms with Crippen molar-refractivity contribution in [1.82, 2.24) is 15.3 Å². The fourth-order valence-corrected chi connectivity index (χ4v) is 3.30. The third kappa shape index (κ3) is 4.48. The van der Waals surface area contributed by atoms with Crippen LogP contribution in [-0.2, 0) is 19.0 Å². The van der Waals surface area contributed by atoms with Gasteiger partial charge in [0, 0.05) is 23.6 Å². The van der Waals surface area contributed by atoms with Crippen molar-refractivity contribution in [2.45, 2.75) is 32.1 Å². The number of thiazole rings is 1. The van der Waals surface area contributed by atoms with E-state index in [4.69, 9.17) is 14.2 Å². The highest BCUT2D eigenvalue weighted by molar-refractivity contribution is 7.09. The maximum absolute atomic E-state index is 12.5. The van der Waals surface area contributed by atoms with E-state index in [-0.39, 0.29) is 12.2 Å². The fraction of sp³-hybridized carbons (Fsp3) is 0.471. The van der Waals surface area contributed by atoms with Gasteiger partial charge in [-0.3, -0.25) is 4.79 Å². The lowest BCUT2D eigenvalue weighted by Crippen LogP contribution is -2.42. The van der Waals surface area contributed by atoms with E-state index in [0.717, 1.165) is 16.3 Å². The van der Waals surface area contributed by atoms with Gasteiger partial charge in [0.05, 0.1) is 31.0 Å². The molecule has 3 rings (SSSR count). The van der Waals surface area contributed by atoms with Gasteiger partial charge in [-0.25, -0.2) is 9.78 Å². The minimum Gasteiger partial charge on any atom is -0.467 e. The summed E-state index contributed by atoms with van der Waals surface area (Å²) in [6.07, 6.45) is 2.23. The van der Waals surface area contributed by atoms with Crippen LogP contribution in [0.4, 0.5) is 0 Å². The molecule has 0 saturated carbocycles. The van der Waals surface area contributed by atoms with E-state index < -0.39 is 12.0 Å². The van der Waals surface area contributed by atoms with Gasteiger partial charge in [0.2, 0.25) is 0 Å². The van der Waals surface area contributed by atoms with Gasteiger partial charge in [-0.05, 0) is 19.4 Å². The number of carbonyl (C=O) groups is 2. The van der Waals surface area contributed by atoms with Crippen LogP contribution in [0.1, 0.15) is 28.3 Å². The molecule has 2 N–H and O–H groups in total. The van der Waals surface area contributed by atoms with Crippen molar-refractivity contribution >= 4 is 23.2 Å². The maximum atomic E-state index is 12.5. The Hall–Kier alpha value is -2.23. The molecular weight excluding hydrogens is 358 g/mol. The third-order valence-electron chi connectivity index (χ3n) is 4.02. The first kappa shape index (κ1) is 18.6. The normalized spacial score (nSPS) is 15.8. The van der Waals surface area contributed by atoms with Gasteiger partial charge >= 0.3 is 5.97 Å². The summed E-state index contributed by atoms with van der Waals surface area (Å²) in [7, 11) is 1.29. The first-order valence-corrected chi connectivity index (χ1v) is 9.17. The van der Waals surface area contributed by atoms with E-state index in [1.807, 2.05) is 12.3 Å². The average molecular weight is 379 g/mol. The lowest BCUT2D eigenvalue weighted by molar-refractivity contribution is -0.143. The first-order chi connectivity index (χ1) is 12.6. The molecule has 1 unspecified atom stereocenters. The number of H-pyrrole nitrogens is 1. The van der Waals surface area contributed by atoms with Gasteiger partial charge in [0.1, 0.15) is 11.7 Å². The van der Waals surface area contributed by atoms with E-state index in [1.165, 1.54) is 7.11 Å². The van der Waals surface area contributed by atoms with Crippen LogP contribution < -0.4 is 5.32 Å². The number of esters is 1. The molecule has 1 amide bonds. The standard InChI is InChI=1S/C17H21N3O5S/c1-10-19-14(9-26-10)11-7-13(18-8-11)16(21)20-12(17(22)23-2)3-4-15-24-5-6-25-15/h7-9,12,15,18H,3-6H2,1-2H3,(H,20,21). The van der Waals surface area contributed by atoms with Crippen LogP contribution in [0.25, 0.3) is 11.3 Å². The van der Waals surface area contributed by atoms with Crippen LogP contribution >= 0.6 is 11.3 Å². The Kier molecular flexibility index (Phi) is 6.02. The zero-order chi connectivity index (χ0) is 18.5. The molecule has 0 radical (unpaired) electrons. The summed E-state index contributed by atoms with van der Waals surface area (Å²) in [5, 5.41) is 5.59. The highest BCUT2D eigenvalue weighted by atomic mass is 32.1. The SMILES string of the molecule is COC(=O)C(CCC1OCCO1)NC(=O)c1cc(-c2csc(C)n2)c[nH]1. The van der Waals surface area contributed by atoms with Crippen molar-refractivity contribution in [2.75, 3.05) is 20.3 Å². The van der Waals surface area contributed by atoms with Gasteiger partial charge in [-0.15, -0.1) is 11.3 Å². The predicted molar refractivity (Wildman–Crippen MR) is 94.8 cm³/mol. The monoisotopic (exact) mass is 379 g/mol. The van der Waals surface area contributed by atoms with Gasteiger partial charge in [-0.1, -0.05) is 0 Å². The lowest BCUT2D eigenvalue weighted by Gasteiger charge is -2.17. The molecule has 2 aromatic heterocycles. The Morgan fingerprint density at radius 1 is 1.46 bits per heavy atom. The smallest absolute Gasteiger partial charge is 0.328 e. The van der Waals surface area contributed by atoms with E-state index >= 15 is 0 Å². The molecule has 3 heterocycles. The van der Waals surface area contributed by atoms with Gasteiger partial charge < -0.3 is 24.5 Å². The van der Waals surface area contributed by atoms with Crippen molar-refractivity contribution in [3.63, 3.8) is 0 Å². The Balaban J connectivity index is 1.63. The van der Waals surface area contributed by atoms with Crippen molar-refractivity contribution in [2.24, 2.45) is 0 Å². The fourth-order valence-electron chi connectivity index (χ4n) is 2.67. The lowest BCUT2D eigenvalue weighted by atomic mass is 10.1. The van der Waals surface area contributed by atoms with Crippen molar-refractivity contribution < 1.29 is 23.8 Å². The number of aromatic nitrogens is 2. The van der Waals surface area contributed by atoms with Crippen molar-refractivity contribution in [1.29, 1.82) is 0 Å². The number of methoxy groups -OCH3 is 1. The number of hydrogen-bond acceptors (Lipinski definition) is 7. The highest BCUT2D eigenvalue weighted by Gasteiger charge is 2.26. The topological polar surface area (TPSA) is 103 Å². The molecule has 2 aromatic rings. The molecule has 1 fully saturated rings. The van der Waals surface area contributed by atoms with Gasteiger partial charge in [-0.2, -0.15) is 0 Å². The molecule has 0 aliphatic carbocycles. The Morgan fingerprint density at radius 2 is 2.23 bits per heavy atom. The van der Waals surface area contributed by atoms with Gasteiger partial charge in [0.15, 0.2) is 6.29 Å². The Labute approximate surface area is 154 Å². The molecule has 9 heteroatoms. The molecule has 0 bridgehead atoms. The summed E-state index contributed by atoms with van der Waals surface area (Å²) >= 11 is 1.54. The van der Waals surface area contributed by atoms with E-state index in [1.54, 1.807) is 23.6 Å². The largest absolute Gasteiger partial charge is 0.467 e. The minimum atomic E-state index is -0.770. The second kappa shape index (κ2) is 8.43. The Morgan fingerprint density at radius 3 is 2.88 bits per heavy atom. The molecule has 0 spiro atoms. The van der Waals surface area contributed by atoms with Crippen LogP contribution in [0.2, 0.25) is 0 Å².